The van der Waals surface area contributed by atoms with Crippen LogP contribution in [0.15, 0.2) is 0 Å². The molecule has 0 aliphatic heterocycles. The zero-order valence-electron chi connectivity index (χ0n) is 18.7. The number of alkyl halides is 2. The van der Waals surface area contributed by atoms with E-state index in [4.69, 9.17) is 24.4 Å². The third-order valence-corrected chi connectivity index (χ3v) is 5.50. The molecule has 0 aromatic carbocycles. The Morgan fingerprint density at radius 2 is 1.39 bits per heavy atom. The molecular formula is C18H39Br2NaO7. The van der Waals surface area contributed by atoms with Gasteiger partial charge in [0.15, 0.2) is 11.3 Å². The summed E-state index contributed by atoms with van der Waals surface area (Å²) < 4.78 is 14.7. The summed E-state index contributed by atoms with van der Waals surface area (Å²) in [6.45, 7) is 5.63. The van der Waals surface area contributed by atoms with Gasteiger partial charge in [-0.3, -0.25) is 4.79 Å². The smallest absolute Gasteiger partial charge is 0.857 e. The summed E-state index contributed by atoms with van der Waals surface area (Å²) in [6, 6.07) is 0. The normalized spacial score (nSPS) is 12.5. The van der Waals surface area contributed by atoms with Gasteiger partial charge in [-0.25, -0.2) is 0 Å². The molecule has 0 saturated carbocycles. The van der Waals surface area contributed by atoms with E-state index in [1.807, 2.05) is 0 Å². The third kappa shape index (κ3) is 29.4. The fourth-order valence-electron chi connectivity index (χ4n) is 1.72. The van der Waals surface area contributed by atoms with E-state index in [9.17, 15) is 9.90 Å². The Bertz CT molecular complexity index is 287. The number of ether oxygens (including phenoxy) is 3. The number of aliphatic hydroxyl groups excluding tert-OH is 2. The molecule has 0 amide bonds. The summed E-state index contributed by atoms with van der Waals surface area (Å²) in [5.74, 6) is -0.252. The first-order valence-electron chi connectivity index (χ1n) is 8.88. The molecule has 0 saturated heterocycles. The van der Waals surface area contributed by atoms with Crippen LogP contribution in [0.1, 0.15) is 59.3 Å². The van der Waals surface area contributed by atoms with Gasteiger partial charge in [0.1, 0.15) is 6.10 Å². The van der Waals surface area contributed by atoms with Crippen molar-refractivity contribution >= 4 is 37.8 Å². The predicted molar refractivity (Wildman–Crippen MR) is 114 cm³/mol. The number of carbonyl (C=O) groups excluding carboxylic acids is 1. The number of unbranched alkanes of at least 4 members (excludes halogenated alkanes) is 2. The van der Waals surface area contributed by atoms with Crippen LogP contribution in [0.3, 0.4) is 0 Å². The number of aliphatic hydroxyl groups is 2. The van der Waals surface area contributed by atoms with E-state index in [1.54, 1.807) is 0 Å². The summed E-state index contributed by atoms with van der Waals surface area (Å²) >= 11 is 6.73. The van der Waals surface area contributed by atoms with Gasteiger partial charge in [0.2, 0.25) is 0 Å². The molecule has 168 valence electrons. The van der Waals surface area contributed by atoms with E-state index in [1.165, 1.54) is 21.1 Å². The van der Waals surface area contributed by atoms with Crippen LogP contribution in [0, 0.1) is 0 Å². The van der Waals surface area contributed by atoms with Crippen molar-refractivity contribution in [1.29, 1.82) is 0 Å². The van der Waals surface area contributed by atoms with E-state index in [2.05, 4.69) is 45.7 Å². The Morgan fingerprint density at radius 1 is 1.00 bits per heavy atom. The first-order chi connectivity index (χ1) is 12.8. The van der Waals surface area contributed by atoms with Gasteiger partial charge in [-0.15, -0.1) is 0 Å². The zero-order chi connectivity index (χ0) is 22.3. The van der Waals surface area contributed by atoms with Crippen molar-refractivity contribution in [2.24, 2.45) is 0 Å². The standard InChI is InChI=1S/C8H14Br2O2.C8H18O3.CH4O.CH3O.Na/c1-3-4-5-7(9)8(10)12-6(2)11;1-4-5-6-7(9)8(10-2)11-3;2*1-2;/h7-8H,3-5H2,1-2H3;7-9H,4-6H2,1-3H3;2H,1H3;1H3;/q;;;-1;+1. The van der Waals surface area contributed by atoms with E-state index in [-0.39, 0.29) is 45.4 Å². The fourth-order valence-corrected chi connectivity index (χ4v) is 2.68. The van der Waals surface area contributed by atoms with Crippen molar-refractivity contribution in [3.8, 4) is 0 Å². The number of halogens is 2. The Balaban J connectivity index is -0.000000104. The van der Waals surface area contributed by atoms with Crippen molar-refractivity contribution in [2.75, 3.05) is 28.4 Å². The Hall–Kier alpha value is 1.23. The quantitative estimate of drug-likeness (QED) is 0.161. The average molecular weight is 550 g/mol. The minimum absolute atomic E-state index is 0. The fraction of sp³-hybridized carbons (Fsp3) is 0.944. The maximum Gasteiger partial charge on any atom is 1.00 e. The molecule has 0 heterocycles. The monoisotopic (exact) mass is 548 g/mol. The third-order valence-electron chi connectivity index (χ3n) is 3.03. The molecule has 0 aromatic heterocycles. The Labute approximate surface area is 210 Å². The molecule has 0 aromatic rings. The second kappa shape index (κ2) is 32.9. The molecular weight excluding hydrogens is 511 g/mol. The second-order valence-electron chi connectivity index (χ2n) is 5.17. The largest absolute Gasteiger partial charge is 1.00 e. The van der Waals surface area contributed by atoms with E-state index in [0.29, 0.717) is 0 Å². The molecule has 7 nitrogen and oxygen atoms in total. The Morgan fingerprint density at radius 3 is 1.71 bits per heavy atom. The number of esters is 1. The second-order valence-corrected chi connectivity index (χ2v) is 7.25. The average Bonchev–Trinajstić information content (AvgIpc) is 2.68. The SMILES string of the molecule is CCCCC(Br)C(Br)OC(C)=O.CCCCC(O)C(OC)OC.CO.C[O-].[Na+]. The van der Waals surface area contributed by atoms with Crippen LogP contribution < -0.4 is 34.7 Å². The van der Waals surface area contributed by atoms with E-state index in [0.717, 1.165) is 52.7 Å². The van der Waals surface area contributed by atoms with Crippen LogP contribution >= 0.6 is 31.9 Å². The number of methoxy groups -OCH3 is 2. The van der Waals surface area contributed by atoms with Gasteiger partial charge in [-0.05, 0) is 28.8 Å². The van der Waals surface area contributed by atoms with Crippen LogP contribution in [0.25, 0.3) is 0 Å². The molecule has 28 heavy (non-hydrogen) atoms. The van der Waals surface area contributed by atoms with Gasteiger partial charge in [0.25, 0.3) is 0 Å². The molecule has 0 aliphatic carbocycles. The number of hydrogen-bond donors (Lipinski definition) is 2. The van der Waals surface area contributed by atoms with Crippen LogP contribution in [-0.2, 0) is 19.0 Å². The minimum Gasteiger partial charge on any atom is -0.857 e. The molecule has 3 unspecified atom stereocenters. The zero-order valence-corrected chi connectivity index (χ0v) is 23.9. The van der Waals surface area contributed by atoms with Crippen LogP contribution in [-0.4, -0.2) is 66.9 Å². The van der Waals surface area contributed by atoms with E-state index < -0.39 is 12.4 Å². The van der Waals surface area contributed by atoms with E-state index >= 15 is 0 Å². The molecule has 0 radical (unpaired) electrons. The molecule has 0 fully saturated rings. The first-order valence-corrected chi connectivity index (χ1v) is 10.7. The summed E-state index contributed by atoms with van der Waals surface area (Å²) in [5.41, 5.74) is 0. The number of hydrogen-bond acceptors (Lipinski definition) is 7. The van der Waals surface area contributed by atoms with Crippen molar-refractivity contribution in [3.05, 3.63) is 0 Å². The number of carbonyl (C=O) groups is 1. The molecule has 10 heteroatoms. The summed E-state index contributed by atoms with van der Waals surface area (Å²) in [4.78, 5) is 10.8. The predicted octanol–water partition coefficient (Wildman–Crippen LogP) is -0.0304. The summed E-state index contributed by atoms with van der Waals surface area (Å²) in [6.07, 6.45) is 5.16. The maximum atomic E-state index is 10.6. The topological polar surface area (TPSA) is 108 Å². The van der Waals surface area contributed by atoms with Gasteiger partial charge in [-0.2, -0.15) is 7.11 Å². The molecule has 0 bridgehead atoms. The van der Waals surface area contributed by atoms with Gasteiger partial charge in [-0.1, -0.05) is 55.5 Å². The first kappa shape index (κ1) is 39.7. The molecule has 0 rings (SSSR count). The minimum atomic E-state index is -0.495. The van der Waals surface area contributed by atoms with Gasteiger partial charge >= 0.3 is 35.5 Å². The van der Waals surface area contributed by atoms with Crippen LogP contribution in [0.4, 0.5) is 0 Å². The van der Waals surface area contributed by atoms with Crippen molar-refractivity contribution < 1.29 is 63.9 Å². The van der Waals surface area contributed by atoms with Crippen molar-refractivity contribution in [3.63, 3.8) is 0 Å². The van der Waals surface area contributed by atoms with Crippen molar-refractivity contribution in [2.45, 2.75) is 81.5 Å². The van der Waals surface area contributed by atoms with Gasteiger partial charge < -0.3 is 29.5 Å². The molecule has 2 N–H and O–H groups in total. The maximum absolute atomic E-state index is 10.6. The van der Waals surface area contributed by atoms with Gasteiger partial charge in [0.05, 0.1) is 4.83 Å². The molecule has 0 spiro atoms. The Kier molecular flexibility index (Phi) is 46.6. The van der Waals surface area contributed by atoms with Crippen molar-refractivity contribution in [1.82, 2.24) is 0 Å². The molecule has 0 aliphatic rings. The summed E-state index contributed by atoms with van der Waals surface area (Å²) in [7, 11) is 4.81. The number of rotatable bonds is 11. The van der Waals surface area contributed by atoms with Crippen LogP contribution in [0.5, 0.6) is 0 Å². The summed E-state index contributed by atoms with van der Waals surface area (Å²) in [5, 5.41) is 24.4. The van der Waals surface area contributed by atoms with Crippen LogP contribution in [0.2, 0.25) is 0 Å². The molecule has 3 atom stereocenters. The van der Waals surface area contributed by atoms with Gasteiger partial charge in [0, 0.05) is 28.3 Å².